The maximum Gasteiger partial charge on any atom is 0.374 e. The van der Waals surface area contributed by atoms with Crippen LogP contribution >= 0.6 is 0 Å². The normalized spacial score (nSPS) is 17.8. The third kappa shape index (κ3) is 4.05. The molecule has 0 radical (unpaired) electrons. The highest BCUT2D eigenvalue weighted by atomic mass is 32.2. The predicted molar refractivity (Wildman–Crippen MR) is 76.3 cm³/mol. The van der Waals surface area contributed by atoms with Gasteiger partial charge in [0.15, 0.2) is 0 Å². The molecule has 2 heterocycles. The van der Waals surface area contributed by atoms with Gasteiger partial charge in [0.25, 0.3) is 0 Å². The summed E-state index contributed by atoms with van der Waals surface area (Å²) in [5, 5.41) is 3.33. The third-order valence-corrected chi connectivity index (χ3v) is 4.92. The Balaban J connectivity index is 1.86. The van der Waals surface area contributed by atoms with Crippen LogP contribution < -0.4 is 5.32 Å². The molecule has 0 atom stereocenters. The van der Waals surface area contributed by atoms with Crippen LogP contribution in [0.25, 0.3) is 0 Å². The lowest BCUT2D eigenvalue weighted by Gasteiger charge is -2.30. The van der Waals surface area contributed by atoms with Crippen LogP contribution in [-0.2, 0) is 21.3 Å². The average molecular weight is 316 g/mol. The van der Waals surface area contributed by atoms with Gasteiger partial charge in [-0.1, -0.05) is 0 Å². The minimum absolute atomic E-state index is 0.207. The first-order valence-electron chi connectivity index (χ1n) is 6.75. The molecule has 1 aliphatic heterocycles. The van der Waals surface area contributed by atoms with Gasteiger partial charge in [-0.25, -0.2) is 17.5 Å². The predicted octanol–water partition coefficient (Wildman–Crippen LogP) is 0.580. The Morgan fingerprint density at radius 1 is 1.48 bits per heavy atom. The quantitative estimate of drug-likeness (QED) is 0.799. The van der Waals surface area contributed by atoms with Crippen molar-refractivity contribution in [1.29, 1.82) is 0 Å². The number of sulfonamides is 1. The fourth-order valence-electron chi connectivity index (χ4n) is 2.39. The van der Waals surface area contributed by atoms with Crippen LogP contribution in [-0.4, -0.2) is 51.2 Å². The molecule has 1 saturated heterocycles. The number of rotatable bonds is 5. The second-order valence-electron chi connectivity index (χ2n) is 5.08. The summed E-state index contributed by atoms with van der Waals surface area (Å²) in [4.78, 5) is 11.5. The number of nitrogens with one attached hydrogen (secondary N) is 1. The fourth-order valence-corrected chi connectivity index (χ4v) is 3.27. The molecule has 1 aromatic heterocycles. The zero-order chi connectivity index (χ0) is 15.5. The maximum atomic E-state index is 11.5. The molecule has 1 aliphatic rings. The van der Waals surface area contributed by atoms with Gasteiger partial charge in [0.1, 0.15) is 0 Å². The average Bonchev–Trinajstić information content (AvgIpc) is 2.92. The highest BCUT2D eigenvalue weighted by Crippen LogP contribution is 2.16. The molecule has 1 aromatic rings. The molecule has 0 aliphatic carbocycles. The Morgan fingerprint density at radius 2 is 2.14 bits per heavy atom. The van der Waals surface area contributed by atoms with Gasteiger partial charge in [-0.05, 0) is 18.9 Å². The zero-order valence-corrected chi connectivity index (χ0v) is 13.0. The van der Waals surface area contributed by atoms with Gasteiger partial charge >= 0.3 is 5.97 Å². The van der Waals surface area contributed by atoms with Gasteiger partial charge in [-0.3, -0.25) is 0 Å². The van der Waals surface area contributed by atoms with E-state index in [-0.39, 0.29) is 11.8 Å². The van der Waals surface area contributed by atoms with Crippen LogP contribution in [0, 0.1) is 0 Å². The molecule has 0 amide bonds. The van der Waals surface area contributed by atoms with Crippen LogP contribution in [0.1, 0.15) is 29.0 Å². The number of hydrogen-bond donors (Lipinski definition) is 1. The number of hydrogen-bond acceptors (Lipinski definition) is 6. The fraction of sp³-hybridized carbons (Fsp3) is 0.615. The number of methoxy groups -OCH3 is 1. The van der Waals surface area contributed by atoms with E-state index in [1.54, 1.807) is 6.07 Å². The highest BCUT2D eigenvalue weighted by molar-refractivity contribution is 7.88. The number of piperidine rings is 1. The molecule has 118 valence electrons. The summed E-state index contributed by atoms with van der Waals surface area (Å²) in [6.07, 6.45) is 4.18. The lowest BCUT2D eigenvalue weighted by Crippen LogP contribution is -2.44. The van der Waals surface area contributed by atoms with Crippen molar-refractivity contribution in [2.45, 2.75) is 25.4 Å². The van der Waals surface area contributed by atoms with Gasteiger partial charge in [0.2, 0.25) is 15.8 Å². The van der Waals surface area contributed by atoms with Crippen LogP contribution in [0.4, 0.5) is 0 Å². The maximum absolute atomic E-state index is 11.5. The number of nitrogens with zero attached hydrogens (tertiary/aromatic N) is 1. The molecular formula is C13H20N2O5S. The molecular weight excluding hydrogens is 296 g/mol. The van der Waals surface area contributed by atoms with E-state index >= 15 is 0 Å². The smallest absolute Gasteiger partial charge is 0.374 e. The highest BCUT2D eigenvalue weighted by Gasteiger charge is 2.25. The van der Waals surface area contributed by atoms with Gasteiger partial charge in [-0.15, -0.1) is 0 Å². The van der Waals surface area contributed by atoms with Crippen molar-refractivity contribution in [3.05, 3.63) is 23.7 Å². The summed E-state index contributed by atoms with van der Waals surface area (Å²) in [6.45, 7) is 1.53. The van der Waals surface area contributed by atoms with E-state index in [1.807, 2.05) is 0 Å². The van der Waals surface area contributed by atoms with E-state index in [9.17, 15) is 13.2 Å². The molecule has 0 spiro atoms. The largest absolute Gasteiger partial charge is 0.463 e. The summed E-state index contributed by atoms with van der Waals surface area (Å²) >= 11 is 0. The number of ether oxygens (including phenoxy) is 1. The van der Waals surface area contributed by atoms with Crippen LogP contribution in [0.2, 0.25) is 0 Å². The number of esters is 1. The summed E-state index contributed by atoms with van der Waals surface area (Å²) in [5.41, 5.74) is 0.743. The first-order chi connectivity index (χ1) is 9.91. The Morgan fingerprint density at radius 3 is 2.71 bits per heavy atom. The van der Waals surface area contributed by atoms with Gasteiger partial charge in [0, 0.05) is 31.2 Å². The number of furan rings is 1. The number of carbonyl (C=O) groups is 1. The Bertz CT molecular complexity index is 587. The third-order valence-electron chi connectivity index (χ3n) is 3.62. The lowest BCUT2D eigenvalue weighted by atomic mass is 10.1. The van der Waals surface area contributed by atoms with Gasteiger partial charge < -0.3 is 14.5 Å². The molecule has 0 saturated carbocycles. The standard InChI is InChI=1S/C13H20N2O5S/c1-19-13(16)12-10(5-8-20-12)9-14-11-3-6-15(7-4-11)21(2,17)18/h5,8,11,14H,3-4,6-7,9H2,1-2H3. The van der Waals surface area contributed by atoms with Crippen molar-refractivity contribution < 1.29 is 22.4 Å². The van der Waals surface area contributed by atoms with Crippen molar-refractivity contribution in [2.75, 3.05) is 26.5 Å². The van der Waals surface area contributed by atoms with E-state index in [0.717, 1.165) is 18.4 Å². The van der Waals surface area contributed by atoms with E-state index in [0.29, 0.717) is 19.6 Å². The molecule has 0 unspecified atom stereocenters. The molecule has 1 fully saturated rings. The van der Waals surface area contributed by atoms with Crippen LogP contribution in [0.3, 0.4) is 0 Å². The minimum atomic E-state index is -3.10. The molecule has 1 N–H and O–H groups in total. The van der Waals surface area contributed by atoms with Crippen molar-refractivity contribution in [3.8, 4) is 0 Å². The molecule has 2 rings (SSSR count). The lowest BCUT2D eigenvalue weighted by molar-refractivity contribution is 0.0563. The number of carbonyl (C=O) groups excluding carboxylic acids is 1. The van der Waals surface area contributed by atoms with Crippen molar-refractivity contribution >= 4 is 16.0 Å². The monoisotopic (exact) mass is 316 g/mol. The zero-order valence-electron chi connectivity index (χ0n) is 12.2. The van der Waals surface area contributed by atoms with Crippen LogP contribution in [0.5, 0.6) is 0 Å². The van der Waals surface area contributed by atoms with E-state index < -0.39 is 16.0 Å². The van der Waals surface area contributed by atoms with Crippen molar-refractivity contribution in [2.24, 2.45) is 0 Å². The molecule has 21 heavy (non-hydrogen) atoms. The van der Waals surface area contributed by atoms with E-state index in [2.05, 4.69) is 10.1 Å². The SMILES string of the molecule is COC(=O)c1occc1CNC1CCN(S(C)(=O)=O)CC1. The van der Waals surface area contributed by atoms with Gasteiger partial charge in [0.05, 0.1) is 19.6 Å². The summed E-state index contributed by atoms with van der Waals surface area (Å²) in [5.74, 6) is -0.290. The summed E-state index contributed by atoms with van der Waals surface area (Å²) < 4.78 is 34.1. The topological polar surface area (TPSA) is 88.8 Å². The Kier molecular flexibility index (Phi) is 5.02. The molecule has 0 bridgehead atoms. The summed E-state index contributed by atoms with van der Waals surface area (Å²) in [6, 6.07) is 1.95. The minimum Gasteiger partial charge on any atom is -0.463 e. The summed E-state index contributed by atoms with van der Waals surface area (Å²) in [7, 11) is -1.79. The Hall–Kier alpha value is -1.38. The van der Waals surface area contributed by atoms with E-state index in [1.165, 1.54) is 23.9 Å². The second kappa shape index (κ2) is 6.59. The Labute approximate surface area is 124 Å². The van der Waals surface area contributed by atoms with Crippen LogP contribution in [0.15, 0.2) is 16.7 Å². The first-order valence-corrected chi connectivity index (χ1v) is 8.60. The van der Waals surface area contributed by atoms with Crippen molar-refractivity contribution in [3.63, 3.8) is 0 Å². The second-order valence-corrected chi connectivity index (χ2v) is 7.07. The van der Waals surface area contributed by atoms with Gasteiger partial charge in [-0.2, -0.15) is 0 Å². The molecule has 0 aromatic carbocycles. The molecule has 7 nitrogen and oxygen atoms in total. The molecule has 8 heteroatoms. The van der Waals surface area contributed by atoms with Crippen molar-refractivity contribution in [1.82, 2.24) is 9.62 Å². The first kappa shape index (κ1) is 16.0. The van der Waals surface area contributed by atoms with E-state index in [4.69, 9.17) is 4.42 Å².